The quantitative estimate of drug-likeness (QED) is 0.609. The lowest BCUT2D eigenvalue weighted by atomic mass is 10.1. The number of thioether (sulfide) groups is 1. The Labute approximate surface area is 118 Å². The summed E-state index contributed by atoms with van der Waals surface area (Å²) < 4.78 is 13.5. The first-order valence-corrected chi connectivity index (χ1v) is 6.89. The predicted octanol–water partition coefficient (Wildman–Crippen LogP) is 4.53. The van der Waals surface area contributed by atoms with Crippen LogP contribution in [0, 0.1) is 5.82 Å². The fourth-order valence-corrected chi connectivity index (χ4v) is 2.52. The first-order chi connectivity index (χ1) is 8.76. The molecule has 0 atom stereocenters. The number of aliphatic imine (C=N–C) groups is 1. The highest BCUT2D eigenvalue weighted by molar-refractivity contribution is 8.14. The molecule has 0 amide bonds. The lowest BCUT2D eigenvalue weighted by Gasteiger charge is -2.06. The van der Waals surface area contributed by atoms with Crippen molar-refractivity contribution in [2.45, 2.75) is 20.8 Å². The zero-order chi connectivity index (χ0) is 13.0. The summed E-state index contributed by atoms with van der Waals surface area (Å²) in [5.41, 5.74) is 1.37. The van der Waals surface area contributed by atoms with Gasteiger partial charge in [0.05, 0.1) is 5.04 Å². The van der Waals surface area contributed by atoms with Gasteiger partial charge in [0.25, 0.3) is 0 Å². The Morgan fingerprint density at radius 1 is 1.42 bits per heavy atom. The number of fused-ring (bicyclic) bond motifs is 1. The van der Waals surface area contributed by atoms with Crippen molar-refractivity contribution in [3.05, 3.63) is 41.8 Å². The number of hydrogen-bond donors (Lipinski definition) is 0. The topological polar surface area (TPSA) is 25.2 Å². The van der Waals surface area contributed by atoms with Gasteiger partial charge < -0.3 is 0 Å². The smallest absolute Gasteiger partial charge is 0.149 e. The van der Waals surface area contributed by atoms with E-state index in [-0.39, 0.29) is 13.2 Å². The van der Waals surface area contributed by atoms with Crippen LogP contribution < -0.4 is 0 Å². The molecule has 0 radical (unpaired) electrons. The molecule has 2 nitrogen and oxygen atoms in total. The molecule has 0 spiro atoms. The van der Waals surface area contributed by atoms with Crippen molar-refractivity contribution in [1.29, 1.82) is 0 Å². The largest absolute Gasteiger partial charge is 0.281 e. The number of hydrogen-bond acceptors (Lipinski definition) is 3. The van der Waals surface area contributed by atoms with Crippen molar-refractivity contribution in [2.24, 2.45) is 4.99 Å². The minimum atomic E-state index is -0.282. The fraction of sp³-hybridized carbons (Fsp3) is 0.333. The van der Waals surface area contributed by atoms with Gasteiger partial charge in [-0.1, -0.05) is 26.5 Å². The number of nitrogens with zero attached hydrogens (tertiary/aromatic N) is 2. The second-order valence-corrected chi connectivity index (χ2v) is 5.00. The molecule has 0 saturated carbocycles. The first kappa shape index (κ1) is 15.6. The van der Waals surface area contributed by atoms with E-state index in [2.05, 4.69) is 16.9 Å². The van der Waals surface area contributed by atoms with Crippen LogP contribution in [0.4, 0.5) is 4.39 Å². The van der Waals surface area contributed by atoms with Crippen LogP contribution in [-0.4, -0.2) is 22.8 Å². The molecule has 2 aromatic rings. The molecule has 1 aromatic heterocycles. The summed E-state index contributed by atoms with van der Waals surface area (Å²) >= 11 is 1.70. The molecule has 2 rings (SSSR count). The maximum absolute atomic E-state index is 13.5. The van der Waals surface area contributed by atoms with Crippen molar-refractivity contribution in [3.63, 3.8) is 0 Å². The standard InChI is InChI=1S/C14H15FN2S.CH4/c1-3-7-18-14(16-2)11-8-10-5-4-6-12(15)13(10)17-9-11;/h4-6,8-9H,3,7H2,1-2H3;1H4. The number of aromatic nitrogens is 1. The molecule has 1 heterocycles. The SMILES string of the molecule is C.CCCSC(=NC)c1cnc2c(F)cccc2c1. The summed E-state index contributed by atoms with van der Waals surface area (Å²) in [5.74, 6) is 0.740. The van der Waals surface area contributed by atoms with Gasteiger partial charge in [0.15, 0.2) is 0 Å². The van der Waals surface area contributed by atoms with Crippen LogP contribution in [0.2, 0.25) is 0 Å². The van der Waals surface area contributed by atoms with Crippen molar-refractivity contribution >= 4 is 27.7 Å². The Morgan fingerprint density at radius 2 is 2.21 bits per heavy atom. The van der Waals surface area contributed by atoms with Gasteiger partial charge in [-0.3, -0.25) is 9.98 Å². The van der Waals surface area contributed by atoms with E-state index in [0.29, 0.717) is 5.52 Å². The van der Waals surface area contributed by atoms with Crippen LogP contribution in [-0.2, 0) is 0 Å². The summed E-state index contributed by atoms with van der Waals surface area (Å²) in [6, 6.07) is 6.93. The summed E-state index contributed by atoms with van der Waals surface area (Å²) in [7, 11) is 1.77. The first-order valence-electron chi connectivity index (χ1n) is 5.90. The molecule has 0 aliphatic carbocycles. The van der Waals surface area contributed by atoms with Crippen molar-refractivity contribution < 1.29 is 4.39 Å². The third kappa shape index (κ3) is 3.53. The van der Waals surface area contributed by atoms with Gasteiger partial charge in [0.2, 0.25) is 0 Å². The Balaban J connectivity index is 0.00000180. The number of benzene rings is 1. The molecule has 1 aromatic carbocycles. The van der Waals surface area contributed by atoms with Crippen molar-refractivity contribution in [1.82, 2.24) is 4.98 Å². The molecule has 0 fully saturated rings. The van der Waals surface area contributed by atoms with E-state index < -0.39 is 0 Å². The second kappa shape index (κ2) is 7.24. The van der Waals surface area contributed by atoms with Gasteiger partial charge in [0, 0.05) is 24.2 Å². The minimum Gasteiger partial charge on any atom is -0.281 e. The van der Waals surface area contributed by atoms with E-state index in [1.54, 1.807) is 31.1 Å². The lowest BCUT2D eigenvalue weighted by molar-refractivity contribution is 0.637. The summed E-state index contributed by atoms with van der Waals surface area (Å²) in [6.07, 6.45) is 2.79. The average molecular weight is 278 g/mol. The lowest BCUT2D eigenvalue weighted by Crippen LogP contribution is -1.98. The monoisotopic (exact) mass is 278 g/mol. The van der Waals surface area contributed by atoms with Gasteiger partial charge in [-0.05, 0) is 24.3 Å². The van der Waals surface area contributed by atoms with Gasteiger partial charge >= 0.3 is 0 Å². The highest BCUT2D eigenvalue weighted by Gasteiger charge is 2.07. The predicted molar refractivity (Wildman–Crippen MR) is 83.6 cm³/mol. The zero-order valence-electron chi connectivity index (χ0n) is 10.5. The Hall–Kier alpha value is -1.42. The summed E-state index contributed by atoms with van der Waals surface area (Å²) in [6.45, 7) is 2.13. The van der Waals surface area contributed by atoms with Gasteiger partial charge in [0.1, 0.15) is 11.3 Å². The maximum atomic E-state index is 13.5. The molecule has 0 bridgehead atoms. The summed E-state index contributed by atoms with van der Waals surface area (Å²) in [5, 5.41) is 1.77. The van der Waals surface area contributed by atoms with Crippen molar-refractivity contribution in [3.8, 4) is 0 Å². The molecule has 4 heteroatoms. The number of pyridine rings is 1. The van der Waals surface area contributed by atoms with Crippen molar-refractivity contribution in [2.75, 3.05) is 12.8 Å². The van der Waals surface area contributed by atoms with Gasteiger partial charge in [-0.25, -0.2) is 4.39 Å². The Bertz CT molecular complexity index is 581. The van der Waals surface area contributed by atoms with E-state index in [1.807, 2.05) is 12.1 Å². The zero-order valence-corrected chi connectivity index (χ0v) is 11.3. The minimum absolute atomic E-state index is 0. The fourth-order valence-electron chi connectivity index (χ4n) is 1.72. The highest BCUT2D eigenvalue weighted by Crippen LogP contribution is 2.20. The van der Waals surface area contributed by atoms with E-state index >= 15 is 0 Å². The van der Waals surface area contributed by atoms with E-state index in [1.165, 1.54) is 6.07 Å². The van der Waals surface area contributed by atoms with Crippen LogP contribution in [0.3, 0.4) is 0 Å². The van der Waals surface area contributed by atoms with E-state index in [0.717, 1.165) is 28.2 Å². The molecule has 102 valence electrons. The molecule has 0 saturated heterocycles. The van der Waals surface area contributed by atoms with Gasteiger partial charge in [-0.2, -0.15) is 0 Å². The van der Waals surface area contributed by atoms with Crippen LogP contribution in [0.5, 0.6) is 0 Å². The normalized spacial score (nSPS) is 11.4. The van der Waals surface area contributed by atoms with Crippen LogP contribution in [0.15, 0.2) is 35.5 Å². The Kier molecular flexibility index (Phi) is 5.96. The molecular formula is C15H19FN2S. The summed E-state index contributed by atoms with van der Waals surface area (Å²) in [4.78, 5) is 8.46. The molecule has 19 heavy (non-hydrogen) atoms. The highest BCUT2D eigenvalue weighted by atomic mass is 32.2. The number of halogens is 1. The molecule has 0 aliphatic rings. The van der Waals surface area contributed by atoms with E-state index in [9.17, 15) is 4.39 Å². The van der Waals surface area contributed by atoms with Crippen LogP contribution >= 0.6 is 11.8 Å². The number of para-hydroxylation sites is 1. The second-order valence-electron chi connectivity index (χ2n) is 3.91. The number of rotatable bonds is 3. The van der Waals surface area contributed by atoms with Crippen LogP contribution in [0.25, 0.3) is 10.9 Å². The molecule has 0 unspecified atom stereocenters. The molecule has 0 aliphatic heterocycles. The molecule has 0 N–H and O–H groups in total. The van der Waals surface area contributed by atoms with Gasteiger partial charge in [-0.15, -0.1) is 11.8 Å². The maximum Gasteiger partial charge on any atom is 0.149 e. The Morgan fingerprint density at radius 3 is 2.89 bits per heavy atom. The van der Waals surface area contributed by atoms with Crippen LogP contribution in [0.1, 0.15) is 26.3 Å². The third-order valence-electron chi connectivity index (χ3n) is 2.55. The molecular weight excluding hydrogens is 259 g/mol. The average Bonchev–Trinajstić information content (AvgIpc) is 2.40. The third-order valence-corrected chi connectivity index (χ3v) is 3.86. The van der Waals surface area contributed by atoms with E-state index in [4.69, 9.17) is 0 Å².